The minimum Gasteiger partial charge on any atom is -0.486 e. The van der Waals surface area contributed by atoms with Crippen LogP contribution in [0.5, 0.6) is 5.75 Å². The minimum absolute atomic E-state index is 0.0700. The minimum atomic E-state index is -1.00. The first-order chi connectivity index (χ1) is 12.1. The molecule has 2 aromatic carbocycles. The van der Waals surface area contributed by atoms with E-state index in [1.54, 1.807) is 24.3 Å². The van der Waals surface area contributed by atoms with Gasteiger partial charge in [-0.05, 0) is 24.3 Å². The number of para-hydroxylation sites is 1. The van der Waals surface area contributed by atoms with Gasteiger partial charge in [-0.1, -0.05) is 24.3 Å². The summed E-state index contributed by atoms with van der Waals surface area (Å²) < 4.78 is 11.4. The van der Waals surface area contributed by atoms with Crippen LogP contribution >= 0.6 is 0 Å². The van der Waals surface area contributed by atoms with E-state index in [-0.39, 0.29) is 25.4 Å². The van der Waals surface area contributed by atoms with Crippen LogP contribution in [0, 0.1) is 0 Å². The van der Waals surface area contributed by atoms with Gasteiger partial charge >= 0.3 is 5.97 Å². The maximum atomic E-state index is 11.7. The fraction of sp³-hybridized carbons (Fsp3) is 0.158. The van der Waals surface area contributed by atoms with Crippen molar-refractivity contribution < 1.29 is 23.8 Å². The predicted molar refractivity (Wildman–Crippen MR) is 92.5 cm³/mol. The summed E-state index contributed by atoms with van der Waals surface area (Å²) in [6.45, 7) is 0.269. The third-order valence-electron chi connectivity index (χ3n) is 3.54. The fourth-order valence-corrected chi connectivity index (χ4v) is 2.37. The van der Waals surface area contributed by atoms with E-state index in [0.717, 1.165) is 11.0 Å². The van der Waals surface area contributed by atoms with Crippen molar-refractivity contribution in [3.05, 3.63) is 60.4 Å². The molecule has 0 bridgehead atoms. The van der Waals surface area contributed by atoms with Crippen molar-refractivity contribution in [3.8, 4) is 5.75 Å². The number of anilines is 1. The molecule has 3 aromatic rings. The first kappa shape index (κ1) is 16.6. The zero-order valence-electron chi connectivity index (χ0n) is 13.4. The Morgan fingerprint density at radius 2 is 1.88 bits per heavy atom. The lowest BCUT2D eigenvalue weighted by molar-refractivity contribution is -0.138. The number of nitrogens with one attached hydrogen (secondary N) is 1. The van der Waals surface area contributed by atoms with Crippen LogP contribution in [-0.2, 0) is 16.2 Å². The highest BCUT2D eigenvalue weighted by Crippen LogP contribution is 2.22. The van der Waals surface area contributed by atoms with Crippen LogP contribution < -0.4 is 10.1 Å². The van der Waals surface area contributed by atoms with Crippen molar-refractivity contribution in [2.24, 2.45) is 0 Å². The zero-order valence-corrected chi connectivity index (χ0v) is 13.4. The van der Waals surface area contributed by atoms with Crippen molar-refractivity contribution in [2.75, 3.05) is 5.32 Å². The Morgan fingerprint density at radius 3 is 2.68 bits per heavy atom. The SMILES string of the molecule is O=C(O)CCC(=O)Nc1cccc(OCc2cc3ccccc3o2)c1. The monoisotopic (exact) mass is 339 g/mol. The van der Waals surface area contributed by atoms with Gasteiger partial charge in [-0.2, -0.15) is 0 Å². The van der Waals surface area contributed by atoms with E-state index in [9.17, 15) is 9.59 Å². The van der Waals surface area contributed by atoms with E-state index >= 15 is 0 Å². The molecule has 25 heavy (non-hydrogen) atoms. The molecule has 6 nitrogen and oxygen atoms in total. The molecule has 0 fully saturated rings. The lowest BCUT2D eigenvalue weighted by atomic mass is 10.2. The summed E-state index contributed by atoms with van der Waals surface area (Å²) in [4.78, 5) is 22.2. The molecule has 0 saturated heterocycles. The Kier molecular flexibility index (Phi) is 4.99. The van der Waals surface area contributed by atoms with Crippen LogP contribution in [0.2, 0.25) is 0 Å². The van der Waals surface area contributed by atoms with Crippen LogP contribution in [0.25, 0.3) is 11.0 Å². The average Bonchev–Trinajstić information content (AvgIpc) is 3.01. The van der Waals surface area contributed by atoms with Gasteiger partial charge in [0.25, 0.3) is 0 Å². The highest BCUT2D eigenvalue weighted by Gasteiger charge is 2.07. The van der Waals surface area contributed by atoms with E-state index in [0.29, 0.717) is 17.2 Å². The van der Waals surface area contributed by atoms with Gasteiger partial charge in [-0.25, -0.2) is 0 Å². The van der Waals surface area contributed by atoms with Crippen LogP contribution in [-0.4, -0.2) is 17.0 Å². The number of carbonyl (C=O) groups is 2. The Labute approximate surface area is 144 Å². The third-order valence-corrected chi connectivity index (χ3v) is 3.54. The lowest BCUT2D eigenvalue weighted by Crippen LogP contribution is -2.13. The molecule has 6 heteroatoms. The molecule has 0 aliphatic rings. The molecule has 0 atom stereocenters. The van der Waals surface area contributed by atoms with Crippen LogP contribution in [0.3, 0.4) is 0 Å². The summed E-state index contributed by atoms with van der Waals surface area (Å²) in [6.07, 6.45) is -0.270. The van der Waals surface area contributed by atoms with Crippen molar-refractivity contribution in [1.29, 1.82) is 0 Å². The molecule has 2 N–H and O–H groups in total. The molecule has 0 aliphatic carbocycles. The Balaban J connectivity index is 1.59. The van der Waals surface area contributed by atoms with Gasteiger partial charge in [0.15, 0.2) is 0 Å². The largest absolute Gasteiger partial charge is 0.486 e. The van der Waals surface area contributed by atoms with Gasteiger partial charge in [-0.3, -0.25) is 9.59 Å². The number of hydrogen-bond acceptors (Lipinski definition) is 4. The lowest BCUT2D eigenvalue weighted by Gasteiger charge is -2.08. The second-order valence-electron chi connectivity index (χ2n) is 5.51. The Bertz CT molecular complexity index is 866. The van der Waals surface area contributed by atoms with E-state index < -0.39 is 5.97 Å². The highest BCUT2D eigenvalue weighted by atomic mass is 16.5. The second kappa shape index (κ2) is 7.53. The molecular weight excluding hydrogens is 322 g/mol. The molecule has 0 saturated carbocycles. The number of carbonyl (C=O) groups excluding carboxylic acids is 1. The van der Waals surface area contributed by atoms with Crippen LogP contribution in [0.15, 0.2) is 59.0 Å². The standard InChI is InChI=1S/C19H17NO5/c21-18(8-9-19(22)23)20-14-5-3-6-15(11-14)24-12-16-10-13-4-1-2-7-17(13)25-16/h1-7,10-11H,8-9,12H2,(H,20,21)(H,22,23). The maximum Gasteiger partial charge on any atom is 0.303 e. The first-order valence-corrected chi connectivity index (χ1v) is 7.82. The molecular formula is C19H17NO5. The molecule has 0 aliphatic heterocycles. The Morgan fingerprint density at radius 1 is 1.04 bits per heavy atom. The second-order valence-corrected chi connectivity index (χ2v) is 5.51. The number of benzene rings is 2. The first-order valence-electron chi connectivity index (χ1n) is 7.82. The van der Waals surface area contributed by atoms with Gasteiger partial charge in [-0.15, -0.1) is 0 Å². The quantitative estimate of drug-likeness (QED) is 0.683. The van der Waals surface area contributed by atoms with Gasteiger partial charge in [0.2, 0.25) is 5.91 Å². The number of carboxylic acids is 1. The molecule has 0 spiro atoms. The number of furan rings is 1. The van der Waals surface area contributed by atoms with E-state index in [1.807, 2.05) is 30.3 Å². The number of hydrogen-bond donors (Lipinski definition) is 2. The van der Waals surface area contributed by atoms with Crippen LogP contribution in [0.1, 0.15) is 18.6 Å². The summed E-state index contributed by atoms with van der Waals surface area (Å²) in [6, 6.07) is 16.6. The van der Waals surface area contributed by atoms with Crippen molar-refractivity contribution in [3.63, 3.8) is 0 Å². The van der Waals surface area contributed by atoms with E-state index in [1.165, 1.54) is 0 Å². The number of aliphatic carboxylic acids is 1. The summed E-state index contributed by atoms with van der Waals surface area (Å²) in [7, 11) is 0. The predicted octanol–water partition coefficient (Wildman–Crippen LogP) is 3.82. The summed E-state index contributed by atoms with van der Waals surface area (Å²) >= 11 is 0. The number of rotatable bonds is 7. The van der Waals surface area contributed by atoms with E-state index in [2.05, 4.69) is 5.32 Å². The van der Waals surface area contributed by atoms with Crippen LogP contribution in [0.4, 0.5) is 5.69 Å². The zero-order chi connectivity index (χ0) is 17.6. The molecule has 128 valence electrons. The van der Waals surface area contributed by atoms with Gasteiger partial charge < -0.3 is 19.6 Å². The molecule has 1 amide bonds. The Hall–Kier alpha value is -3.28. The fourth-order valence-electron chi connectivity index (χ4n) is 2.37. The third kappa shape index (κ3) is 4.60. The molecule has 1 heterocycles. The molecule has 0 unspecified atom stereocenters. The van der Waals surface area contributed by atoms with E-state index in [4.69, 9.17) is 14.3 Å². The average molecular weight is 339 g/mol. The summed E-state index contributed by atoms with van der Waals surface area (Å²) in [5.41, 5.74) is 1.36. The topological polar surface area (TPSA) is 88.8 Å². The number of ether oxygens (including phenoxy) is 1. The number of amides is 1. The van der Waals surface area contributed by atoms with Gasteiger partial charge in [0.1, 0.15) is 23.7 Å². The summed E-state index contributed by atoms with van der Waals surface area (Å²) in [5, 5.41) is 12.3. The van der Waals surface area contributed by atoms with Crippen molar-refractivity contribution in [2.45, 2.75) is 19.4 Å². The smallest absolute Gasteiger partial charge is 0.303 e. The van der Waals surface area contributed by atoms with Gasteiger partial charge in [0.05, 0.1) is 6.42 Å². The molecule has 1 aromatic heterocycles. The highest BCUT2D eigenvalue weighted by molar-refractivity contribution is 5.92. The summed E-state index contributed by atoms with van der Waals surface area (Å²) in [5.74, 6) is -0.0662. The molecule has 3 rings (SSSR count). The number of carboxylic acid groups (broad SMARTS) is 1. The maximum absolute atomic E-state index is 11.7. The molecule has 0 radical (unpaired) electrons. The number of fused-ring (bicyclic) bond motifs is 1. The van der Waals surface area contributed by atoms with Crippen molar-refractivity contribution >= 4 is 28.5 Å². The van der Waals surface area contributed by atoms with Crippen molar-refractivity contribution in [1.82, 2.24) is 0 Å². The van der Waals surface area contributed by atoms with Gasteiger partial charge in [0, 0.05) is 23.6 Å². The normalized spacial score (nSPS) is 10.6.